The van der Waals surface area contributed by atoms with Crippen LogP contribution in [0.4, 0.5) is 0 Å². The van der Waals surface area contributed by atoms with Crippen LogP contribution < -0.4 is 10.2 Å². The van der Waals surface area contributed by atoms with Crippen molar-refractivity contribution in [1.29, 1.82) is 0 Å². The van der Waals surface area contributed by atoms with Crippen molar-refractivity contribution in [3.8, 4) is 5.75 Å². The smallest absolute Gasteiger partial charge is 0.338 e. The lowest BCUT2D eigenvalue weighted by Gasteiger charge is -2.06. The van der Waals surface area contributed by atoms with E-state index in [-0.39, 0.29) is 6.61 Å². The van der Waals surface area contributed by atoms with Crippen LogP contribution in [0.2, 0.25) is 10.0 Å². The molecular formula is C18H16Cl2N2O4. The number of hydrogen-bond acceptors (Lipinski definition) is 5. The van der Waals surface area contributed by atoms with Crippen molar-refractivity contribution in [3.63, 3.8) is 0 Å². The second-order valence-electron chi connectivity index (χ2n) is 4.96. The molecule has 1 N–H and O–H groups in total. The van der Waals surface area contributed by atoms with Gasteiger partial charge in [-0.25, -0.2) is 10.2 Å². The Bertz CT molecular complexity index is 787. The molecule has 0 saturated carbocycles. The van der Waals surface area contributed by atoms with E-state index in [1.807, 2.05) is 0 Å². The second kappa shape index (κ2) is 9.79. The van der Waals surface area contributed by atoms with Crippen LogP contribution in [0.5, 0.6) is 5.75 Å². The van der Waals surface area contributed by atoms with Crippen LogP contribution in [0.15, 0.2) is 47.6 Å². The standard InChI is InChI=1S/C18H16Cl2N2O4/c1-2-25-18(24)12-6-8-13(9-7-12)26-11-17(23)22-21-10-14-15(19)4-3-5-16(14)20/h3-10H,2,11H2,1H3,(H,22,23)/b21-10+. The molecule has 1 amide bonds. The first-order chi connectivity index (χ1) is 12.5. The highest BCUT2D eigenvalue weighted by Gasteiger charge is 2.07. The molecule has 136 valence electrons. The van der Waals surface area contributed by atoms with E-state index in [9.17, 15) is 9.59 Å². The van der Waals surface area contributed by atoms with Gasteiger partial charge in [-0.3, -0.25) is 4.79 Å². The van der Waals surface area contributed by atoms with Crippen LogP contribution in [-0.2, 0) is 9.53 Å². The highest BCUT2D eigenvalue weighted by molar-refractivity contribution is 6.38. The van der Waals surface area contributed by atoms with Crippen molar-refractivity contribution in [3.05, 3.63) is 63.6 Å². The fourth-order valence-corrected chi connectivity index (χ4v) is 2.38. The van der Waals surface area contributed by atoms with E-state index in [0.717, 1.165) is 0 Å². The van der Waals surface area contributed by atoms with Gasteiger partial charge in [0, 0.05) is 5.56 Å². The molecule has 8 heteroatoms. The number of nitrogens with zero attached hydrogens (tertiary/aromatic N) is 1. The topological polar surface area (TPSA) is 77.0 Å². The molecule has 2 rings (SSSR count). The lowest BCUT2D eigenvalue weighted by atomic mass is 10.2. The summed E-state index contributed by atoms with van der Waals surface area (Å²) >= 11 is 12.0. The molecular weight excluding hydrogens is 379 g/mol. The molecule has 0 atom stereocenters. The molecule has 0 saturated heterocycles. The molecule has 0 spiro atoms. The number of benzene rings is 2. The van der Waals surface area contributed by atoms with Crippen molar-refractivity contribution < 1.29 is 19.1 Å². The van der Waals surface area contributed by atoms with E-state index in [1.54, 1.807) is 49.4 Å². The summed E-state index contributed by atoms with van der Waals surface area (Å²) in [5.74, 6) is -0.436. The highest BCUT2D eigenvalue weighted by atomic mass is 35.5. The summed E-state index contributed by atoms with van der Waals surface area (Å²) in [5.41, 5.74) is 3.23. The number of hydrazone groups is 1. The largest absolute Gasteiger partial charge is 0.484 e. The molecule has 0 aliphatic heterocycles. The Morgan fingerprint density at radius 1 is 1.12 bits per heavy atom. The Morgan fingerprint density at radius 2 is 1.77 bits per heavy atom. The maximum Gasteiger partial charge on any atom is 0.338 e. The summed E-state index contributed by atoms with van der Waals surface area (Å²) in [5, 5.41) is 4.65. The van der Waals surface area contributed by atoms with Gasteiger partial charge in [-0.1, -0.05) is 29.3 Å². The predicted molar refractivity (Wildman–Crippen MR) is 100 cm³/mol. The zero-order valence-electron chi connectivity index (χ0n) is 13.9. The maximum absolute atomic E-state index is 11.7. The van der Waals surface area contributed by atoms with E-state index in [4.69, 9.17) is 32.7 Å². The van der Waals surface area contributed by atoms with Gasteiger partial charge in [-0.2, -0.15) is 5.10 Å². The molecule has 0 aromatic heterocycles. The minimum absolute atomic E-state index is 0.244. The zero-order chi connectivity index (χ0) is 18.9. The van der Waals surface area contributed by atoms with Gasteiger partial charge in [0.2, 0.25) is 0 Å². The SMILES string of the molecule is CCOC(=O)c1ccc(OCC(=O)N/N=C/c2c(Cl)cccc2Cl)cc1. The number of nitrogens with one attached hydrogen (secondary N) is 1. The lowest BCUT2D eigenvalue weighted by molar-refractivity contribution is -0.123. The Hall–Kier alpha value is -2.57. The van der Waals surface area contributed by atoms with Crippen LogP contribution in [-0.4, -0.2) is 31.3 Å². The van der Waals surface area contributed by atoms with Crippen LogP contribution in [0.1, 0.15) is 22.8 Å². The fourth-order valence-electron chi connectivity index (χ4n) is 1.89. The maximum atomic E-state index is 11.7. The summed E-state index contributed by atoms with van der Waals surface area (Å²) in [4.78, 5) is 23.3. The minimum atomic E-state index is -0.459. The quantitative estimate of drug-likeness (QED) is 0.441. The Labute approximate surface area is 160 Å². The number of hydrogen-bond donors (Lipinski definition) is 1. The number of rotatable bonds is 7. The Morgan fingerprint density at radius 3 is 2.38 bits per heavy atom. The number of ether oxygens (including phenoxy) is 2. The first kappa shape index (κ1) is 19.8. The highest BCUT2D eigenvalue weighted by Crippen LogP contribution is 2.22. The van der Waals surface area contributed by atoms with E-state index in [1.165, 1.54) is 6.21 Å². The van der Waals surface area contributed by atoms with Gasteiger partial charge in [-0.05, 0) is 43.3 Å². The van der Waals surface area contributed by atoms with Gasteiger partial charge in [-0.15, -0.1) is 0 Å². The summed E-state index contributed by atoms with van der Waals surface area (Å²) < 4.78 is 10.2. The molecule has 0 unspecified atom stereocenters. The zero-order valence-corrected chi connectivity index (χ0v) is 15.4. The molecule has 0 aliphatic carbocycles. The molecule has 6 nitrogen and oxygen atoms in total. The third-order valence-corrected chi connectivity index (χ3v) is 3.78. The normalized spacial score (nSPS) is 10.6. The molecule has 0 aliphatic rings. The van der Waals surface area contributed by atoms with Gasteiger partial charge in [0.05, 0.1) is 28.4 Å². The molecule has 2 aromatic carbocycles. The average molecular weight is 395 g/mol. The van der Waals surface area contributed by atoms with Gasteiger partial charge in [0.1, 0.15) is 5.75 Å². The van der Waals surface area contributed by atoms with Gasteiger partial charge >= 0.3 is 5.97 Å². The third kappa shape index (κ3) is 5.75. The number of esters is 1. The second-order valence-corrected chi connectivity index (χ2v) is 5.78. The molecule has 0 fully saturated rings. The van der Waals surface area contributed by atoms with Crippen molar-refractivity contribution in [2.75, 3.05) is 13.2 Å². The van der Waals surface area contributed by atoms with Crippen molar-refractivity contribution in [1.82, 2.24) is 5.43 Å². The van der Waals surface area contributed by atoms with Crippen LogP contribution >= 0.6 is 23.2 Å². The average Bonchev–Trinajstić information content (AvgIpc) is 2.63. The number of amides is 1. The Kier molecular flexibility index (Phi) is 7.44. The van der Waals surface area contributed by atoms with Crippen molar-refractivity contribution >= 4 is 41.3 Å². The van der Waals surface area contributed by atoms with Crippen LogP contribution in [0.25, 0.3) is 0 Å². The number of halogens is 2. The van der Waals surface area contributed by atoms with E-state index >= 15 is 0 Å². The first-order valence-electron chi connectivity index (χ1n) is 7.67. The van der Waals surface area contributed by atoms with E-state index in [0.29, 0.717) is 33.5 Å². The van der Waals surface area contributed by atoms with Gasteiger partial charge in [0.25, 0.3) is 5.91 Å². The molecule has 0 heterocycles. The summed E-state index contributed by atoms with van der Waals surface area (Å²) in [6.07, 6.45) is 1.36. The monoisotopic (exact) mass is 394 g/mol. The molecule has 26 heavy (non-hydrogen) atoms. The van der Waals surface area contributed by atoms with Crippen LogP contribution in [0, 0.1) is 0 Å². The van der Waals surface area contributed by atoms with Gasteiger partial charge < -0.3 is 9.47 Å². The predicted octanol–water partition coefficient (Wildman–Crippen LogP) is 3.70. The molecule has 0 radical (unpaired) electrons. The fraction of sp³-hybridized carbons (Fsp3) is 0.167. The first-order valence-corrected chi connectivity index (χ1v) is 8.42. The van der Waals surface area contributed by atoms with Crippen molar-refractivity contribution in [2.45, 2.75) is 6.92 Å². The van der Waals surface area contributed by atoms with Crippen molar-refractivity contribution in [2.24, 2.45) is 5.10 Å². The van der Waals surface area contributed by atoms with E-state index < -0.39 is 11.9 Å². The van der Waals surface area contributed by atoms with Gasteiger partial charge in [0.15, 0.2) is 6.61 Å². The summed E-state index contributed by atoms with van der Waals surface area (Å²) in [6, 6.07) is 11.3. The Balaban J connectivity index is 1.83. The lowest BCUT2D eigenvalue weighted by Crippen LogP contribution is -2.24. The minimum Gasteiger partial charge on any atom is -0.484 e. The van der Waals surface area contributed by atoms with Crippen LogP contribution in [0.3, 0.4) is 0 Å². The summed E-state index contributed by atoms with van der Waals surface area (Å²) in [7, 11) is 0. The third-order valence-electron chi connectivity index (χ3n) is 3.12. The molecule has 2 aromatic rings. The number of carbonyl (C=O) groups excluding carboxylic acids is 2. The van der Waals surface area contributed by atoms with E-state index in [2.05, 4.69) is 10.5 Å². The summed E-state index contributed by atoms with van der Waals surface area (Å²) in [6.45, 7) is 1.79. The molecule has 0 bridgehead atoms. The number of carbonyl (C=O) groups is 2.